The molecule has 0 atom stereocenters. The van der Waals surface area contributed by atoms with Gasteiger partial charge in [0.25, 0.3) is 0 Å². The Hall–Kier alpha value is -1.73. The average Bonchev–Trinajstić information content (AvgIpc) is 3.04. The van der Waals surface area contributed by atoms with Crippen LogP contribution in [-0.2, 0) is 11.2 Å². The van der Waals surface area contributed by atoms with Crippen LogP contribution in [0.2, 0.25) is 0 Å². The van der Waals surface area contributed by atoms with Crippen LogP contribution in [0.4, 0.5) is 5.95 Å². The Balaban J connectivity index is 1.38. The molecule has 1 amide bonds. The first kappa shape index (κ1) is 23.9. The Kier molecular flexibility index (Phi) is 9.53. The lowest BCUT2D eigenvalue weighted by Gasteiger charge is -2.32. The highest BCUT2D eigenvalue weighted by Gasteiger charge is 2.30. The number of carbonyl (C=O) groups excluding carboxylic acids is 1. The maximum Gasteiger partial charge on any atom is 0.225 e. The molecule has 1 aliphatic carbocycles. The summed E-state index contributed by atoms with van der Waals surface area (Å²) < 4.78 is 0. The fourth-order valence-corrected chi connectivity index (χ4v) is 4.95. The van der Waals surface area contributed by atoms with E-state index in [4.69, 9.17) is 5.11 Å². The van der Waals surface area contributed by atoms with Crippen molar-refractivity contribution in [2.75, 3.05) is 57.8 Å². The summed E-state index contributed by atoms with van der Waals surface area (Å²) >= 11 is 0. The van der Waals surface area contributed by atoms with Crippen molar-refractivity contribution in [3.63, 3.8) is 0 Å². The third-order valence-corrected chi connectivity index (χ3v) is 6.96. The fourth-order valence-electron chi connectivity index (χ4n) is 4.95. The number of hydrogen-bond donors (Lipinski definition) is 1. The summed E-state index contributed by atoms with van der Waals surface area (Å²) in [6.45, 7) is 7.58. The van der Waals surface area contributed by atoms with E-state index in [1.54, 1.807) is 0 Å². The zero-order valence-electron chi connectivity index (χ0n) is 19.5. The summed E-state index contributed by atoms with van der Waals surface area (Å²) in [7, 11) is 2.07. The molecule has 1 saturated heterocycles. The van der Waals surface area contributed by atoms with Crippen LogP contribution in [0, 0.1) is 11.8 Å². The Morgan fingerprint density at radius 1 is 1.13 bits per heavy atom. The lowest BCUT2D eigenvalue weighted by Crippen LogP contribution is -2.40. The molecule has 3 rings (SSSR count). The molecule has 1 N–H and O–H groups in total. The van der Waals surface area contributed by atoms with Gasteiger partial charge in [0.2, 0.25) is 11.9 Å². The third-order valence-electron chi connectivity index (χ3n) is 6.96. The summed E-state index contributed by atoms with van der Waals surface area (Å²) in [5, 5.41) is 9.16. The number of anilines is 1. The fraction of sp³-hybridized carbons (Fsp3) is 0.792. The molecule has 7 heteroatoms. The second-order valence-electron chi connectivity index (χ2n) is 9.31. The summed E-state index contributed by atoms with van der Waals surface area (Å²) in [6.07, 6.45) is 12.5. The topological polar surface area (TPSA) is 72.8 Å². The van der Waals surface area contributed by atoms with E-state index in [-0.39, 0.29) is 12.5 Å². The molecule has 1 saturated carbocycles. The number of aliphatic hydroxyl groups is 1. The maximum atomic E-state index is 13.0. The molecule has 1 aromatic rings. The molecule has 31 heavy (non-hydrogen) atoms. The van der Waals surface area contributed by atoms with Gasteiger partial charge in [-0.05, 0) is 63.0 Å². The SMILES string of the molecule is CCCc1cnc(N(C)CCC2CCC(C(=O)N3CCCN(CCO)CC3)CC2)nc1. The number of carbonyl (C=O) groups is 1. The molecule has 0 bridgehead atoms. The average molecular weight is 432 g/mol. The molecule has 2 heterocycles. The molecule has 1 aliphatic heterocycles. The maximum absolute atomic E-state index is 13.0. The van der Waals surface area contributed by atoms with Gasteiger partial charge in [-0.3, -0.25) is 9.69 Å². The van der Waals surface area contributed by atoms with Gasteiger partial charge >= 0.3 is 0 Å². The highest BCUT2D eigenvalue weighted by molar-refractivity contribution is 5.79. The molecule has 0 aromatic carbocycles. The lowest BCUT2D eigenvalue weighted by atomic mass is 9.80. The van der Waals surface area contributed by atoms with Crippen LogP contribution in [-0.4, -0.2) is 83.7 Å². The minimum absolute atomic E-state index is 0.198. The number of β-amino-alcohol motifs (C(OH)–C–C–N with tert-alkyl or cyclic N) is 1. The van der Waals surface area contributed by atoms with Crippen molar-refractivity contribution in [3.8, 4) is 0 Å². The van der Waals surface area contributed by atoms with Gasteiger partial charge in [-0.15, -0.1) is 0 Å². The van der Waals surface area contributed by atoms with Crippen LogP contribution in [0.5, 0.6) is 0 Å². The van der Waals surface area contributed by atoms with Gasteiger partial charge in [-0.25, -0.2) is 9.97 Å². The molecule has 0 spiro atoms. The second-order valence-corrected chi connectivity index (χ2v) is 9.31. The van der Waals surface area contributed by atoms with E-state index in [1.165, 1.54) is 5.56 Å². The standard InChI is InChI=1S/C24H41N5O2/c1-3-5-21-18-25-24(26-19-21)27(2)13-10-20-6-8-22(9-7-20)23(31)29-12-4-11-28(14-15-29)16-17-30/h18-20,22,30H,3-17H2,1-2H3. The Labute approximate surface area is 187 Å². The number of aliphatic hydroxyl groups excluding tert-OH is 1. The minimum atomic E-state index is 0.198. The highest BCUT2D eigenvalue weighted by Crippen LogP contribution is 2.32. The quantitative estimate of drug-likeness (QED) is 0.648. The zero-order chi connectivity index (χ0) is 22.1. The van der Waals surface area contributed by atoms with Crippen molar-refractivity contribution >= 4 is 11.9 Å². The molecule has 174 valence electrons. The van der Waals surface area contributed by atoms with Gasteiger partial charge in [0.15, 0.2) is 0 Å². The molecular formula is C24H41N5O2. The van der Waals surface area contributed by atoms with E-state index in [1.807, 2.05) is 12.4 Å². The Morgan fingerprint density at radius 2 is 1.87 bits per heavy atom. The minimum Gasteiger partial charge on any atom is -0.395 e. The molecule has 1 aromatic heterocycles. The number of aryl methyl sites for hydroxylation is 1. The largest absolute Gasteiger partial charge is 0.395 e. The van der Waals surface area contributed by atoms with Crippen molar-refractivity contribution in [3.05, 3.63) is 18.0 Å². The monoisotopic (exact) mass is 431 g/mol. The number of nitrogens with zero attached hydrogens (tertiary/aromatic N) is 5. The molecule has 0 radical (unpaired) electrons. The first-order valence-corrected chi connectivity index (χ1v) is 12.2. The second kappa shape index (κ2) is 12.3. The molecular weight excluding hydrogens is 390 g/mol. The van der Waals surface area contributed by atoms with Gasteiger partial charge in [-0.1, -0.05) is 13.3 Å². The van der Waals surface area contributed by atoms with Crippen LogP contribution >= 0.6 is 0 Å². The number of amides is 1. The molecule has 7 nitrogen and oxygen atoms in total. The lowest BCUT2D eigenvalue weighted by molar-refractivity contribution is -0.136. The first-order chi connectivity index (χ1) is 15.1. The number of aromatic nitrogens is 2. The van der Waals surface area contributed by atoms with Gasteiger partial charge in [-0.2, -0.15) is 0 Å². The number of rotatable bonds is 9. The Bertz CT molecular complexity index is 660. The van der Waals surface area contributed by atoms with E-state index < -0.39 is 0 Å². The van der Waals surface area contributed by atoms with Gasteiger partial charge in [0, 0.05) is 58.1 Å². The Morgan fingerprint density at radius 3 is 2.55 bits per heavy atom. The normalized spacial score (nSPS) is 22.9. The third kappa shape index (κ3) is 7.14. The van der Waals surface area contributed by atoms with E-state index in [9.17, 15) is 4.79 Å². The predicted octanol–water partition coefficient (Wildman–Crippen LogP) is 2.59. The van der Waals surface area contributed by atoms with E-state index >= 15 is 0 Å². The van der Waals surface area contributed by atoms with Crippen molar-refractivity contribution in [2.45, 2.75) is 58.3 Å². The van der Waals surface area contributed by atoms with Gasteiger partial charge in [0.05, 0.1) is 6.61 Å². The highest BCUT2D eigenvalue weighted by atomic mass is 16.3. The van der Waals surface area contributed by atoms with Crippen LogP contribution in [0.1, 0.15) is 57.4 Å². The van der Waals surface area contributed by atoms with E-state index in [0.717, 1.165) is 96.6 Å². The van der Waals surface area contributed by atoms with E-state index in [2.05, 4.69) is 38.6 Å². The van der Waals surface area contributed by atoms with Crippen molar-refractivity contribution in [2.24, 2.45) is 11.8 Å². The molecule has 2 aliphatic rings. The summed E-state index contributed by atoms with van der Waals surface area (Å²) in [5.74, 6) is 2.06. The summed E-state index contributed by atoms with van der Waals surface area (Å²) in [6, 6.07) is 0. The van der Waals surface area contributed by atoms with Crippen LogP contribution in [0.25, 0.3) is 0 Å². The predicted molar refractivity (Wildman–Crippen MR) is 124 cm³/mol. The zero-order valence-corrected chi connectivity index (χ0v) is 19.5. The number of hydrogen-bond acceptors (Lipinski definition) is 6. The molecule has 2 fully saturated rings. The van der Waals surface area contributed by atoms with Gasteiger partial charge < -0.3 is 14.9 Å². The first-order valence-electron chi connectivity index (χ1n) is 12.2. The van der Waals surface area contributed by atoms with Crippen molar-refractivity contribution < 1.29 is 9.90 Å². The van der Waals surface area contributed by atoms with Crippen LogP contribution < -0.4 is 4.90 Å². The van der Waals surface area contributed by atoms with Crippen LogP contribution in [0.3, 0.4) is 0 Å². The summed E-state index contributed by atoms with van der Waals surface area (Å²) in [4.78, 5) is 28.6. The van der Waals surface area contributed by atoms with Crippen LogP contribution in [0.15, 0.2) is 12.4 Å². The van der Waals surface area contributed by atoms with Crippen molar-refractivity contribution in [1.29, 1.82) is 0 Å². The summed E-state index contributed by atoms with van der Waals surface area (Å²) in [5.41, 5.74) is 1.20. The smallest absolute Gasteiger partial charge is 0.225 e. The van der Waals surface area contributed by atoms with Crippen molar-refractivity contribution in [1.82, 2.24) is 19.8 Å². The van der Waals surface area contributed by atoms with Gasteiger partial charge in [0.1, 0.15) is 0 Å². The molecule has 0 unspecified atom stereocenters. The van der Waals surface area contributed by atoms with E-state index in [0.29, 0.717) is 11.8 Å².